The second kappa shape index (κ2) is 13.5. The highest BCUT2D eigenvalue weighted by Crippen LogP contribution is 2.35. The van der Waals surface area contributed by atoms with Crippen LogP contribution in [0.4, 0.5) is 32.0 Å². The van der Waals surface area contributed by atoms with Crippen LogP contribution in [0.3, 0.4) is 0 Å². The average molecular weight is 571 g/mol. The lowest BCUT2D eigenvalue weighted by molar-refractivity contribution is -0.193. The number of rotatable bonds is 4. The Bertz CT molecular complexity index is 1030. The highest BCUT2D eigenvalue weighted by molar-refractivity contribution is 7.09. The first kappa shape index (κ1) is 31.0. The summed E-state index contributed by atoms with van der Waals surface area (Å²) in [5.41, 5.74) is 0.748. The molecule has 38 heavy (non-hydrogen) atoms. The molecule has 2 saturated heterocycles. The van der Waals surface area contributed by atoms with Gasteiger partial charge in [0.15, 0.2) is 0 Å². The predicted molar refractivity (Wildman–Crippen MR) is 121 cm³/mol. The third-order valence-electron chi connectivity index (χ3n) is 5.42. The molecule has 9 nitrogen and oxygen atoms in total. The lowest BCUT2D eigenvalue weighted by atomic mass is 9.82. The molecule has 0 aromatic carbocycles. The van der Waals surface area contributed by atoms with E-state index in [1.165, 1.54) is 4.88 Å². The Kier molecular flexibility index (Phi) is 11.0. The molecule has 0 spiro atoms. The number of hydrogen-bond donors (Lipinski definition) is 3. The molecular weight excluding hydrogens is 548 g/mol. The maximum atomic E-state index is 12.7. The number of aliphatic carboxylic acids is 2. The van der Waals surface area contributed by atoms with E-state index in [0.717, 1.165) is 31.9 Å². The third kappa shape index (κ3) is 9.90. The van der Waals surface area contributed by atoms with Crippen molar-refractivity contribution in [3.63, 3.8) is 0 Å². The van der Waals surface area contributed by atoms with Crippen molar-refractivity contribution < 1.29 is 55.7 Å². The van der Waals surface area contributed by atoms with Crippen LogP contribution in [-0.2, 0) is 25.7 Å². The molecule has 2 aromatic rings. The van der Waals surface area contributed by atoms with Crippen LogP contribution in [0, 0.1) is 17.8 Å². The summed E-state index contributed by atoms with van der Waals surface area (Å²) >= 11 is 1.79. The van der Waals surface area contributed by atoms with E-state index < -0.39 is 24.3 Å². The van der Waals surface area contributed by atoms with Crippen LogP contribution in [0.2, 0.25) is 0 Å². The van der Waals surface area contributed by atoms with E-state index >= 15 is 0 Å². The molecule has 0 radical (unpaired) electrons. The Labute approximate surface area is 216 Å². The number of thiophene rings is 1. The molecule has 3 N–H and O–H groups in total. The van der Waals surface area contributed by atoms with Gasteiger partial charge in [0.2, 0.25) is 5.91 Å². The number of amides is 1. The number of nitrogens with zero attached hydrogens (tertiary/aromatic N) is 2. The van der Waals surface area contributed by atoms with Crippen molar-refractivity contribution in [2.45, 2.75) is 18.9 Å². The Morgan fingerprint density at radius 1 is 1.03 bits per heavy atom. The summed E-state index contributed by atoms with van der Waals surface area (Å²) in [6.45, 7) is 4.24. The predicted octanol–water partition coefficient (Wildman–Crippen LogP) is 3.74. The van der Waals surface area contributed by atoms with E-state index in [2.05, 4.69) is 32.7 Å². The minimum atomic E-state index is -5.08. The third-order valence-corrected chi connectivity index (χ3v) is 6.28. The fourth-order valence-corrected chi connectivity index (χ4v) is 4.53. The molecule has 2 aromatic heterocycles. The standard InChI is InChI=1S/C18H21N3O2S.2C2HF3O2/c22-18(20-14-3-1-5-19-7-14)17-12-23-11-13-8-21(10-16(13)17)9-15-4-2-6-24-15;2*3-2(4,5)1(6)7/h1-7,13,16-17H,8-12H2,(H,20,22);2*(H,6,7)/t13-,16-,17-;;/m1../s1. The second-order valence-corrected chi connectivity index (χ2v) is 9.21. The number of anilines is 1. The molecular formula is C22H23F6N3O6S. The number of carboxylic acids is 2. The number of ether oxygens (including phenoxy) is 1. The fraction of sp³-hybridized carbons (Fsp3) is 0.455. The van der Waals surface area contributed by atoms with Gasteiger partial charge in [-0.05, 0) is 35.4 Å². The van der Waals surface area contributed by atoms with Crippen LogP contribution in [0.25, 0.3) is 0 Å². The smallest absolute Gasteiger partial charge is 0.475 e. The second-order valence-electron chi connectivity index (χ2n) is 8.18. The largest absolute Gasteiger partial charge is 0.490 e. The number of aromatic nitrogens is 1. The van der Waals surface area contributed by atoms with Crippen LogP contribution in [0.1, 0.15) is 4.88 Å². The SMILES string of the molecule is O=C(Nc1cccnc1)[C@@H]1COC[C@H]2CN(Cc3cccs3)C[C@H]21.O=C(O)C(F)(F)F.O=C(O)C(F)(F)F. The minimum Gasteiger partial charge on any atom is -0.475 e. The summed E-state index contributed by atoms with van der Waals surface area (Å²) in [5, 5.41) is 19.4. The fourth-order valence-electron chi connectivity index (χ4n) is 3.78. The Balaban J connectivity index is 0.000000301. The van der Waals surface area contributed by atoms with Gasteiger partial charge in [-0.25, -0.2) is 9.59 Å². The Morgan fingerprint density at radius 2 is 1.66 bits per heavy atom. The van der Waals surface area contributed by atoms with Crippen molar-refractivity contribution in [2.75, 3.05) is 31.6 Å². The topological polar surface area (TPSA) is 129 Å². The van der Waals surface area contributed by atoms with E-state index in [-0.39, 0.29) is 11.8 Å². The van der Waals surface area contributed by atoms with Crippen molar-refractivity contribution in [3.8, 4) is 0 Å². The van der Waals surface area contributed by atoms with Gasteiger partial charge in [0.05, 0.1) is 31.0 Å². The van der Waals surface area contributed by atoms with Crippen LogP contribution in [-0.4, -0.2) is 76.6 Å². The van der Waals surface area contributed by atoms with E-state index in [1.807, 2.05) is 12.1 Å². The van der Waals surface area contributed by atoms with E-state index in [4.69, 9.17) is 24.5 Å². The molecule has 0 saturated carbocycles. The van der Waals surface area contributed by atoms with Gasteiger partial charge in [0.25, 0.3) is 0 Å². The van der Waals surface area contributed by atoms with Crippen LogP contribution in [0.5, 0.6) is 0 Å². The molecule has 1 amide bonds. The Morgan fingerprint density at radius 3 is 2.16 bits per heavy atom. The lowest BCUT2D eigenvalue weighted by Crippen LogP contribution is -2.41. The maximum Gasteiger partial charge on any atom is 0.490 e. The monoisotopic (exact) mass is 571 g/mol. The lowest BCUT2D eigenvalue weighted by Gasteiger charge is -2.32. The van der Waals surface area contributed by atoms with Gasteiger partial charge >= 0.3 is 24.3 Å². The number of likely N-dealkylation sites (tertiary alicyclic amines) is 1. The number of nitrogens with one attached hydrogen (secondary N) is 1. The van der Waals surface area contributed by atoms with E-state index in [9.17, 15) is 31.1 Å². The van der Waals surface area contributed by atoms with Gasteiger partial charge in [-0.2, -0.15) is 26.3 Å². The Hall–Kier alpha value is -3.24. The van der Waals surface area contributed by atoms with Gasteiger partial charge in [0.1, 0.15) is 0 Å². The number of carbonyl (C=O) groups is 3. The number of alkyl halides is 6. The van der Waals surface area contributed by atoms with Crippen molar-refractivity contribution in [1.82, 2.24) is 9.88 Å². The molecule has 0 unspecified atom stereocenters. The summed E-state index contributed by atoms with van der Waals surface area (Å²) in [4.78, 5) is 38.4. The molecule has 2 aliphatic rings. The summed E-state index contributed by atoms with van der Waals surface area (Å²) in [7, 11) is 0. The van der Waals surface area contributed by atoms with Crippen molar-refractivity contribution >= 4 is 34.9 Å². The van der Waals surface area contributed by atoms with Crippen molar-refractivity contribution in [1.29, 1.82) is 0 Å². The maximum absolute atomic E-state index is 12.7. The molecule has 210 valence electrons. The first-order chi connectivity index (χ1) is 17.7. The van der Waals surface area contributed by atoms with E-state index in [1.54, 1.807) is 23.7 Å². The summed E-state index contributed by atoms with van der Waals surface area (Å²) < 4.78 is 69.2. The highest BCUT2D eigenvalue weighted by atomic mass is 32.1. The molecule has 0 aliphatic carbocycles. The zero-order valence-corrected chi connectivity index (χ0v) is 20.2. The molecule has 4 heterocycles. The summed E-state index contributed by atoms with van der Waals surface area (Å²) in [5.74, 6) is -4.73. The number of pyridine rings is 1. The first-order valence-electron chi connectivity index (χ1n) is 10.8. The molecule has 0 bridgehead atoms. The zero-order chi connectivity index (χ0) is 28.5. The molecule has 4 rings (SSSR count). The normalized spacial score (nSPS) is 21.2. The number of carbonyl (C=O) groups excluding carboxylic acids is 1. The quantitative estimate of drug-likeness (QED) is 0.474. The number of carboxylic acid groups (broad SMARTS) is 2. The van der Waals surface area contributed by atoms with Crippen LogP contribution < -0.4 is 5.32 Å². The van der Waals surface area contributed by atoms with Gasteiger partial charge in [0, 0.05) is 30.7 Å². The number of hydrogen-bond acceptors (Lipinski definition) is 7. The molecule has 2 aliphatic heterocycles. The van der Waals surface area contributed by atoms with Gasteiger partial charge in [-0.15, -0.1) is 11.3 Å². The molecule has 3 atom stereocenters. The zero-order valence-electron chi connectivity index (χ0n) is 19.4. The molecule has 2 fully saturated rings. The highest BCUT2D eigenvalue weighted by Gasteiger charge is 2.44. The van der Waals surface area contributed by atoms with Gasteiger partial charge < -0.3 is 20.3 Å². The minimum absolute atomic E-state index is 0.0515. The summed E-state index contributed by atoms with van der Waals surface area (Å²) in [6, 6.07) is 7.96. The van der Waals surface area contributed by atoms with Crippen LogP contribution in [0.15, 0.2) is 42.0 Å². The average Bonchev–Trinajstić information content (AvgIpc) is 3.48. The number of halogens is 6. The van der Waals surface area contributed by atoms with E-state index in [0.29, 0.717) is 18.4 Å². The number of fused-ring (bicyclic) bond motifs is 1. The van der Waals surface area contributed by atoms with Gasteiger partial charge in [-0.3, -0.25) is 14.7 Å². The van der Waals surface area contributed by atoms with Crippen molar-refractivity contribution in [2.24, 2.45) is 17.8 Å². The van der Waals surface area contributed by atoms with Crippen LogP contribution >= 0.6 is 11.3 Å². The van der Waals surface area contributed by atoms with Gasteiger partial charge in [-0.1, -0.05) is 6.07 Å². The summed E-state index contributed by atoms with van der Waals surface area (Å²) in [6.07, 6.45) is -6.79. The first-order valence-corrected chi connectivity index (χ1v) is 11.7. The van der Waals surface area contributed by atoms with Crippen molar-refractivity contribution in [3.05, 3.63) is 46.9 Å². The molecule has 16 heteroatoms.